The second kappa shape index (κ2) is 17.1. The monoisotopic (exact) mass is 662 g/mol. The molecule has 4 amide bonds. The summed E-state index contributed by atoms with van der Waals surface area (Å²) in [5, 5.41) is 10.5. The molecule has 18 heteroatoms. The van der Waals surface area contributed by atoms with Crippen molar-refractivity contribution in [1.29, 1.82) is 0 Å². The minimum atomic E-state index is -1.24. The molecule has 4 N–H and O–H groups in total. The van der Waals surface area contributed by atoms with Gasteiger partial charge in [-0.25, -0.2) is 19.2 Å². The summed E-state index contributed by atoms with van der Waals surface area (Å²) in [4.78, 5) is 95.0. The standard InChI is InChI=1S/C26H38N4O12S2/c1-25(2)13-39-21(35)23(37)41-17(25)19(33)29-7-5-15(31)27-9-11-43-44-12-10-28-16(32)6-8-30-20(34)18-26(3,4)14-40-22(36)24(38)42-18/h17-18H,5-14H2,1-4H3,(H,27,31)(H,28,32)(H,29,33)(H,30,34)/t17-,18-/m0/s1. The van der Waals surface area contributed by atoms with E-state index in [0.717, 1.165) is 0 Å². The van der Waals surface area contributed by atoms with Crippen LogP contribution in [0.5, 0.6) is 0 Å². The lowest BCUT2D eigenvalue weighted by Gasteiger charge is -2.28. The van der Waals surface area contributed by atoms with Gasteiger partial charge in [-0.2, -0.15) is 0 Å². The molecule has 0 radical (unpaired) electrons. The third-order valence-corrected chi connectivity index (χ3v) is 8.64. The summed E-state index contributed by atoms with van der Waals surface area (Å²) in [6.45, 7) is 6.93. The summed E-state index contributed by atoms with van der Waals surface area (Å²) < 4.78 is 19.5. The summed E-state index contributed by atoms with van der Waals surface area (Å²) in [6, 6.07) is 0. The minimum Gasteiger partial charge on any atom is -0.457 e. The van der Waals surface area contributed by atoms with Gasteiger partial charge in [-0.15, -0.1) is 0 Å². The lowest BCUT2D eigenvalue weighted by atomic mass is 9.87. The van der Waals surface area contributed by atoms with Crippen LogP contribution >= 0.6 is 21.6 Å². The van der Waals surface area contributed by atoms with Crippen LogP contribution in [0.25, 0.3) is 0 Å². The first-order valence-corrected chi connectivity index (χ1v) is 16.2. The lowest BCUT2D eigenvalue weighted by Crippen LogP contribution is -2.47. The van der Waals surface area contributed by atoms with Gasteiger partial charge < -0.3 is 40.2 Å². The number of esters is 4. The van der Waals surface area contributed by atoms with Gasteiger partial charge in [-0.3, -0.25) is 19.2 Å². The molecule has 2 aliphatic rings. The zero-order valence-electron chi connectivity index (χ0n) is 24.9. The SMILES string of the molecule is CC1(C)COC(=O)C(=O)O[C@H]1C(=O)NCCC(=O)NCCSSCCNC(=O)CCNC(=O)[C@@H]1OC(=O)C(=O)OCC1(C)C. The third kappa shape index (κ3) is 11.9. The van der Waals surface area contributed by atoms with Crippen LogP contribution in [0.1, 0.15) is 40.5 Å². The molecular weight excluding hydrogens is 624 g/mol. The van der Waals surface area contributed by atoms with Gasteiger partial charge in [-0.05, 0) is 0 Å². The normalized spacial score (nSPS) is 20.8. The van der Waals surface area contributed by atoms with Crippen LogP contribution in [0.2, 0.25) is 0 Å². The Bertz CT molecular complexity index is 1040. The smallest absolute Gasteiger partial charge is 0.418 e. The highest BCUT2D eigenvalue weighted by Gasteiger charge is 2.45. The van der Waals surface area contributed by atoms with Gasteiger partial charge in [0.1, 0.15) is 13.2 Å². The predicted octanol–water partition coefficient (Wildman–Crippen LogP) is -1.40. The number of cyclic esters (lactones) is 4. The first-order valence-electron chi connectivity index (χ1n) is 13.7. The number of rotatable bonds is 15. The highest BCUT2D eigenvalue weighted by Crippen LogP contribution is 2.28. The topological polar surface area (TPSA) is 222 Å². The maximum Gasteiger partial charge on any atom is 0.418 e. The largest absolute Gasteiger partial charge is 0.457 e. The Kier molecular flexibility index (Phi) is 14.2. The van der Waals surface area contributed by atoms with Crippen LogP contribution in [0.15, 0.2) is 0 Å². The van der Waals surface area contributed by atoms with Gasteiger partial charge in [0.15, 0.2) is 12.2 Å². The molecule has 0 aromatic carbocycles. The van der Waals surface area contributed by atoms with Crippen LogP contribution < -0.4 is 21.3 Å². The van der Waals surface area contributed by atoms with Gasteiger partial charge in [0, 0.05) is 61.4 Å². The summed E-state index contributed by atoms with van der Waals surface area (Å²) in [5.41, 5.74) is -1.87. The fraction of sp³-hybridized carbons (Fsp3) is 0.692. The number of carbonyl (C=O) groups is 8. The van der Waals surface area contributed by atoms with E-state index >= 15 is 0 Å². The Morgan fingerprint density at radius 3 is 1.34 bits per heavy atom. The maximum atomic E-state index is 12.5. The van der Waals surface area contributed by atoms with Crippen molar-refractivity contribution in [2.45, 2.75) is 52.7 Å². The molecule has 2 saturated heterocycles. The molecule has 2 fully saturated rings. The van der Waals surface area contributed by atoms with E-state index in [2.05, 4.69) is 21.3 Å². The minimum absolute atomic E-state index is 0.00418. The van der Waals surface area contributed by atoms with Crippen LogP contribution in [-0.4, -0.2) is 111 Å². The first kappa shape index (κ1) is 36.7. The quantitative estimate of drug-likeness (QED) is 0.0521. The molecule has 2 heterocycles. The number of amides is 4. The number of ether oxygens (including phenoxy) is 4. The summed E-state index contributed by atoms with van der Waals surface area (Å²) in [6.07, 6.45) is -2.46. The molecule has 0 spiro atoms. The Hall–Kier alpha value is -3.54. The number of carbonyl (C=O) groups excluding carboxylic acids is 8. The van der Waals surface area contributed by atoms with E-state index in [4.69, 9.17) is 18.9 Å². The number of nitrogens with one attached hydrogen (secondary N) is 4. The average Bonchev–Trinajstić information content (AvgIpc) is 3.13. The van der Waals surface area contributed by atoms with Crippen LogP contribution in [0.3, 0.4) is 0 Å². The number of hydrogen-bond acceptors (Lipinski definition) is 14. The van der Waals surface area contributed by atoms with Crippen molar-refractivity contribution in [3.63, 3.8) is 0 Å². The van der Waals surface area contributed by atoms with Crippen LogP contribution in [0, 0.1) is 10.8 Å². The second-order valence-electron chi connectivity index (χ2n) is 11.1. The molecule has 0 saturated carbocycles. The van der Waals surface area contributed by atoms with E-state index in [1.54, 1.807) is 27.7 Å². The number of hydrogen-bond donors (Lipinski definition) is 4. The van der Waals surface area contributed by atoms with Crippen LogP contribution in [-0.2, 0) is 57.3 Å². The van der Waals surface area contributed by atoms with E-state index in [9.17, 15) is 38.4 Å². The van der Waals surface area contributed by atoms with Crippen molar-refractivity contribution < 1.29 is 57.3 Å². The van der Waals surface area contributed by atoms with Gasteiger partial charge in [-0.1, -0.05) is 49.3 Å². The van der Waals surface area contributed by atoms with Gasteiger partial charge >= 0.3 is 23.9 Å². The average molecular weight is 663 g/mol. The fourth-order valence-corrected chi connectivity index (χ4v) is 5.57. The first-order chi connectivity index (χ1) is 20.6. The molecule has 2 atom stereocenters. The maximum absolute atomic E-state index is 12.5. The Labute approximate surface area is 261 Å². The molecular formula is C26H38N4O12S2. The van der Waals surface area contributed by atoms with Crippen molar-refractivity contribution >= 4 is 69.1 Å². The Morgan fingerprint density at radius 1 is 0.614 bits per heavy atom. The molecule has 2 aliphatic heterocycles. The molecule has 0 unspecified atom stereocenters. The van der Waals surface area contributed by atoms with Gasteiger partial charge in [0.25, 0.3) is 11.8 Å². The zero-order valence-corrected chi connectivity index (χ0v) is 26.6. The van der Waals surface area contributed by atoms with Crippen molar-refractivity contribution in [3.8, 4) is 0 Å². The zero-order chi connectivity index (χ0) is 32.9. The van der Waals surface area contributed by atoms with Gasteiger partial charge in [0.2, 0.25) is 11.8 Å². The molecule has 0 aliphatic carbocycles. The summed E-state index contributed by atoms with van der Waals surface area (Å²) in [7, 11) is 2.99. The van der Waals surface area contributed by atoms with Crippen LogP contribution in [0.4, 0.5) is 0 Å². The highest BCUT2D eigenvalue weighted by atomic mass is 33.1. The Balaban J connectivity index is 1.50. The predicted molar refractivity (Wildman–Crippen MR) is 155 cm³/mol. The van der Waals surface area contributed by atoms with Crippen molar-refractivity contribution in [3.05, 3.63) is 0 Å². The van der Waals surface area contributed by atoms with Crippen molar-refractivity contribution in [1.82, 2.24) is 21.3 Å². The molecule has 44 heavy (non-hydrogen) atoms. The Morgan fingerprint density at radius 2 is 0.977 bits per heavy atom. The lowest BCUT2D eigenvalue weighted by molar-refractivity contribution is -0.168. The molecule has 0 aromatic rings. The van der Waals surface area contributed by atoms with E-state index < -0.39 is 58.7 Å². The van der Waals surface area contributed by atoms with E-state index in [0.29, 0.717) is 24.6 Å². The second-order valence-corrected chi connectivity index (χ2v) is 13.8. The molecule has 0 aromatic heterocycles. The fourth-order valence-electron chi connectivity index (χ4n) is 3.76. The summed E-state index contributed by atoms with van der Waals surface area (Å²) >= 11 is 0. The van der Waals surface area contributed by atoms with Crippen molar-refractivity contribution in [2.24, 2.45) is 10.8 Å². The third-order valence-electron chi connectivity index (χ3n) is 6.23. The van der Waals surface area contributed by atoms with E-state index in [1.807, 2.05) is 0 Å². The molecule has 0 bridgehead atoms. The van der Waals surface area contributed by atoms with E-state index in [-0.39, 0.29) is 51.0 Å². The van der Waals surface area contributed by atoms with Crippen molar-refractivity contribution in [2.75, 3.05) is 50.9 Å². The highest BCUT2D eigenvalue weighted by molar-refractivity contribution is 8.76. The molecule has 246 valence electrons. The van der Waals surface area contributed by atoms with Gasteiger partial charge in [0.05, 0.1) is 0 Å². The van der Waals surface area contributed by atoms with E-state index in [1.165, 1.54) is 21.6 Å². The molecule has 16 nitrogen and oxygen atoms in total. The molecule has 2 rings (SSSR count). The summed E-state index contributed by atoms with van der Waals surface area (Å²) in [5.74, 6) is -5.42.